The number of hydrogen-bond donors (Lipinski definition) is 0. The summed E-state index contributed by atoms with van der Waals surface area (Å²) in [5.41, 5.74) is 10.4. The SMILES string of the molecule is CCCN1/C(=C/C=C(/C=C/C2=[N+](CCC)c3ccccc3C2(C)C)c2ccncc2)C(C)(C)c2ccccc21. The highest BCUT2D eigenvalue weighted by Crippen LogP contribution is 2.47. The van der Waals surface area contributed by atoms with Crippen molar-refractivity contribution in [3.05, 3.63) is 120 Å². The second-order valence-corrected chi connectivity index (χ2v) is 11.7. The molecule has 0 radical (unpaired) electrons. The lowest BCUT2D eigenvalue weighted by molar-refractivity contribution is -0.437. The van der Waals surface area contributed by atoms with Crippen LogP contribution >= 0.6 is 0 Å². The van der Waals surface area contributed by atoms with E-state index in [9.17, 15) is 0 Å². The van der Waals surface area contributed by atoms with Gasteiger partial charge in [0.2, 0.25) is 5.69 Å². The zero-order chi connectivity index (χ0) is 27.6. The number of allylic oxidation sites excluding steroid dienone is 6. The first kappa shape index (κ1) is 26.9. The van der Waals surface area contributed by atoms with Gasteiger partial charge in [-0.25, -0.2) is 0 Å². The maximum atomic E-state index is 4.29. The van der Waals surface area contributed by atoms with Crippen molar-refractivity contribution in [3.8, 4) is 0 Å². The van der Waals surface area contributed by atoms with E-state index in [4.69, 9.17) is 0 Å². The lowest BCUT2D eigenvalue weighted by Gasteiger charge is -2.26. The van der Waals surface area contributed by atoms with E-state index in [-0.39, 0.29) is 10.8 Å². The Kier molecular flexibility index (Phi) is 7.44. The molecule has 0 unspecified atom stereocenters. The summed E-state index contributed by atoms with van der Waals surface area (Å²) in [6, 6.07) is 21.9. The highest BCUT2D eigenvalue weighted by molar-refractivity contribution is 6.04. The number of para-hydroxylation sites is 2. The minimum atomic E-state index is -0.0584. The van der Waals surface area contributed by atoms with E-state index < -0.39 is 0 Å². The van der Waals surface area contributed by atoms with Crippen molar-refractivity contribution in [2.75, 3.05) is 18.0 Å². The van der Waals surface area contributed by atoms with Gasteiger partial charge in [0.1, 0.15) is 6.54 Å². The molecule has 0 saturated carbocycles. The smallest absolute Gasteiger partial charge is 0.209 e. The number of benzene rings is 2. The monoisotopic (exact) mass is 516 g/mol. The standard InChI is InChI=1S/C36H42N3/c1-7-25-38-31-15-11-9-13-29(31)35(3,4)33(38)19-17-27(28-21-23-37-24-22-28)18-20-34-36(5,6)30-14-10-12-16-32(30)39(34)26-8-2/h9-24H,7-8,25-26H2,1-6H3/q+1. The van der Waals surface area contributed by atoms with E-state index in [1.807, 2.05) is 12.4 Å². The quantitative estimate of drug-likeness (QED) is 0.220. The molecule has 2 aromatic carbocycles. The number of pyridine rings is 1. The third-order valence-electron chi connectivity index (χ3n) is 8.35. The summed E-state index contributed by atoms with van der Waals surface area (Å²) in [6.07, 6.45) is 15.3. The molecule has 3 heteroatoms. The molecule has 1 aromatic heterocycles. The van der Waals surface area contributed by atoms with Crippen LogP contribution in [0.3, 0.4) is 0 Å². The van der Waals surface area contributed by atoms with Gasteiger partial charge in [0.05, 0.1) is 5.41 Å². The molecule has 0 fully saturated rings. The summed E-state index contributed by atoms with van der Waals surface area (Å²) >= 11 is 0. The van der Waals surface area contributed by atoms with Gasteiger partial charge in [-0.3, -0.25) is 4.98 Å². The Morgan fingerprint density at radius 1 is 0.846 bits per heavy atom. The number of rotatable bonds is 8. The normalized spacial score (nSPS) is 18.8. The zero-order valence-electron chi connectivity index (χ0n) is 24.4. The second kappa shape index (κ2) is 10.8. The Morgan fingerprint density at radius 3 is 2.26 bits per heavy atom. The van der Waals surface area contributed by atoms with Crippen LogP contribution in [-0.2, 0) is 10.8 Å². The van der Waals surface area contributed by atoms with E-state index >= 15 is 0 Å². The third kappa shape index (κ3) is 4.80. The topological polar surface area (TPSA) is 19.1 Å². The van der Waals surface area contributed by atoms with Crippen LogP contribution in [0, 0.1) is 0 Å². The Labute approximate surface area is 234 Å². The van der Waals surface area contributed by atoms with Crippen molar-refractivity contribution in [3.63, 3.8) is 0 Å². The number of hydrogen-bond acceptors (Lipinski definition) is 2. The van der Waals surface area contributed by atoms with E-state index in [0.29, 0.717) is 0 Å². The van der Waals surface area contributed by atoms with Crippen LogP contribution in [0.25, 0.3) is 5.57 Å². The summed E-state index contributed by atoms with van der Waals surface area (Å²) in [5.74, 6) is 0. The van der Waals surface area contributed by atoms with E-state index in [2.05, 4.69) is 141 Å². The van der Waals surface area contributed by atoms with Crippen LogP contribution in [0.1, 0.15) is 71.1 Å². The summed E-state index contributed by atoms with van der Waals surface area (Å²) < 4.78 is 2.51. The van der Waals surface area contributed by atoms with Crippen molar-refractivity contribution in [2.45, 2.75) is 65.2 Å². The summed E-state index contributed by atoms with van der Waals surface area (Å²) in [6.45, 7) is 15.9. The molecule has 200 valence electrons. The maximum absolute atomic E-state index is 4.29. The average Bonchev–Trinajstić information content (AvgIpc) is 3.29. The molecule has 2 aliphatic rings. The number of nitrogens with zero attached hydrogens (tertiary/aromatic N) is 3. The molecular weight excluding hydrogens is 474 g/mol. The van der Waals surface area contributed by atoms with Gasteiger partial charge in [0, 0.05) is 59.9 Å². The summed E-state index contributed by atoms with van der Waals surface area (Å²) in [7, 11) is 0. The van der Waals surface area contributed by atoms with Crippen molar-refractivity contribution >= 4 is 22.7 Å². The minimum Gasteiger partial charge on any atom is -0.344 e. The fraction of sp³-hybridized carbons (Fsp3) is 0.333. The van der Waals surface area contributed by atoms with E-state index in [0.717, 1.165) is 25.9 Å². The van der Waals surface area contributed by atoms with Crippen molar-refractivity contribution < 1.29 is 4.58 Å². The Bertz CT molecular complexity index is 1470. The number of fused-ring (bicyclic) bond motifs is 2. The van der Waals surface area contributed by atoms with Gasteiger partial charge in [-0.05, 0) is 67.3 Å². The zero-order valence-corrected chi connectivity index (χ0v) is 24.4. The lowest BCUT2D eigenvalue weighted by Crippen LogP contribution is -2.27. The van der Waals surface area contributed by atoms with Gasteiger partial charge < -0.3 is 4.90 Å². The molecule has 39 heavy (non-hydrogen) atoms. The van der Waals surface area contributed by atoms with E-state index in [1.165, 1.54) is 45.0 Å². The summed E-state index contributed by atoms with van der Waals surface area (Å²) in [5, 5.41) is 0. The van der Waals surface area contributed by atoms with Crippen LogP contribution in [0.15, 0.2) is 103 Å². The molecule has 3 nitrogen and oxygen atoms in total. The molecule has 0 atom stereocenters. The molecular formula is C36H42N3+. The Morgan fingerprint density at radius 2 is 1.54 bits per heavy atom. The predicted octanol–water partition coefficient (Wildman–Crippen LogP) is 8.60. The minimum absolute atomic E-state index is 0.0584. The molecule has 0 spiro atoms. The van der Waals surface area contributed by atoms with E-state index in [1.54, 1.807) is 0 Å². The van der Waals surface area contributed by atoms with Gasteiger partial charge in [0.25, 0.3) is 0 Å². The second-order valence-electron chi connectivity index (χ2n) is 11.7. The highest BCUT2D eigenvalue weighted by Gasteiger charge is 2.43. The van der Waals surface area contributed by atoms with Gasteiger partial charge in [0.15, 0.2) is 5.71 Å². The Hall–Kier alpha value is -3.72. The van der Waals surface area contributed by atoms with Gasteiger partial charge in [-0.1, -0.05) is 70.2 Å². The fourth-order valence-electron chi connectivity index (χ4n) is 6.34. The van der Waals surface area contributed by atoms with Crippen LogP contribution < -0.4 is 4.90 Å². The van der Waals surface area contributed by atoms with Crippen LogP contribution in [0.5, 0.6) is 0 Å². The van der Waals surface area contributed by atoms with Gasteiger partial charge in [-0.2, -0.15) is 4.58 Å². The molecule has 0 bridgehead atoms. The van der Waals surface area contributed by atoms with Crippen molar-refractivity contribution in [1.29, 1.82) is 0 Å². The molecule has 5 rings (SSSR count). The van der Waals surface area contributed by atoms with Crippen molar-refractivity contribution in [1.82, 2.24) is 4.98 Å². The highest BCUT2D eigenvalue weighted by atomic mass is 15.2. The largest absolute Gasteiger partial charge is 0.344 e. The molecule has 0 amide bonds. The summed E-state index contributed by atoms with van der Waals surface area (Å²) in [4.78, 5) is 6.80. The lowest BCUT2D eigenvalue weighted by atomic mass is 9.81. The number of anilines is 1. The molecule has 0 N–H and O–H groups in total. The van der Waals surface area contributed by atoms with Gasteiger partial charge in [-0.15, -0.1) is 0 Å². The first-order valence-corrected chi connectivity index (χ1v) is 14.4. The van der Waals surface area contributed by atoms with Gasteiger partial charge >= 0.3 is 0 Å². The number of aromatic nitrogens is 1. The maximum Gasteiger partial charge on any atom is 0.209 e. The van der Waals surface area contributed by atoms with Crippen LogP contribution in [0.4, 0.5) is 11.4 Å². The molecule has 3 heterocycles. The third-order valence-corrected chi connectivity index (χ3v) is 8.35. The first-order valence-electron chi connectivity index (χ1n) is 14.4. The fourth-order valence-corrected chi connectivity index (χ4v) is 6.34. The molecule has 0 saturated heterocycles. The molecule has 3 aromatic rings. The average molecular weight is 517 g/mol. The molecule has 2 aliphatic heterocycles. The van der Waals surface area contributed by atoms with Crippen LogP contribution in [-0.4, -0.2) is 28.4 Å². The Balaban J connectivity index is 1.61. The van der Waals surface area contributed by atoms with Crippen LogP contribution in [0.2, 0.25) is 0 Å². The predicted molar refractivity (Wildman–Crippen MR) is 166 cm³/mol. The molecule has 0 aliphatic carbocycles. The first-order chi connectivity index (χ1) is 18.8. The van der Waals surface area contributed by atoms with Crippen molar-refractivity contribution in [2.24, 2.45) is 0 Å².